The molecule has 6 nitrogen and oxygen atoms in total. The van der Waals surface area contributed by atoms with Crippen LogP contribution < -0.4 is 5.32 Å². The van der Waals surface area contributed by atoms with E-state index < -0.39 is 17.9 Å². The Morgan fingerprint density at radius 1 is 1.59 bits per heavy atom. The smallest absolute Gasteiger partial charge is 0.326 e. The molecule has 0 spiro atoms. The van der Waals surface area contributed by atoms with Gasteiger partial charge in [-0.15, -0.1) is 0 Å². The number of carboxylic acids is 1. The molecule has 94 valence electrons. The number of furan rings is 1. The molecule has 1 aromatic rings. The molecule has 0 aliphatic carbocycles. The van der Waals surface area contributed by atoms with Gasteiger partial charge in [0.25, 0.3) is 5.91 Å². The van der Waals surface area contributed by atoms with Crippen LogP contribution in [0, 0.1) is 6.92 Å². The van der Waals surface area contributed by atoms with Crippen LogP contribution in [0.2, 0.25) is 0 Å². The summed E-state index contributed by atoms with van der Waals surface area (Å²) in [7, 11) is 1.47. The fraction of sp³-hybridized carbons (Fsp3) is 0.455. The Balaban J connectivity index is 2.64. The highest BCUT2D eigenvalue weighted by Gasteiger charge is 2.21. The molecule has 1 heterocycles. The van der Waals surface area contributed by atoms with Crippen molar-refractivity contribution in [3.05, 3.63) is 23.7 Å². The average molecular weight is 241 g/mol. The number of rotatable bonds is 6. The van der Waals surface area contributed by atoms with Crippen LogP contribution in [0.3, 0.4) is 0 Å². The van der Waals surface area contributed by atoms with Gasteiger partial charge in [-0.2, -0.15) is 0 Å². The van der Waals surface area contributed by atoms with E-state index in [1.807, 2.05) is 0 Å². The zero-order chi connectivity index (χ0) is 12.8. The Bertz CT molecular complexity index is 398. The van der Waals surface area contributed by atoms with Gasteiger partial charge in [-0.1, -0.05) is 0 Å². The zero-order valence-electron chi connectivity index (χ0n) is 9.73. The minimum atomic E-state index is -1.09. The lowest BCUT2D eigenvalue weighted by atomic mass is 10.2. The number of carbonyl (C=O) groups excluding carboxylic acids is 1. The topological polar surface area (TPSA) is 88.8 Å². The molecule has 0 radical (unpaired) electrons. The number of hydrogen-bond donors (Lipinski definition) is 2. The van der Waals surface area contributed by atoms with E-state index in [0.717, 1.165) is 0 Å². The van der Waals surface area contributed by atoms with Gasteiger partial charge in [0.05, 0.1) is 11.8 Å². The first-order valence-corrected chi connectivity index (χ1v) is 5.13. The molecule has 1 aromatic heterocycles. The van der Waals surface area contributed by atoms with Crippen LogP contribution in [-0.4, -0.2) is 36.7 Å². The maximum atomic E-state index is 11.7. The lowest BCUT2D eigenvalue weighted by Crippen LogP contribution is -2.41. The highest BCUT2D eigenvalue weighted by Crippen LogP contribution is 2.09. The van der Waals surface area contributed by atoms with Crippen molar-refractivity contribution in [3.63, 3.8) is 0 Å². The highest BCUT2D eigenvalue weighted by atomic mass is 16.5. The SMILES string of the molecule is COCCC(NC(=O)c1ccoc1C)C(=O)O. The van der Waals surface area contributed by atoms with Gasteiger partial charge >= 0.3 is 5.97 Å². The van der Waals surface area contributed by atoms with Crippen molar-refractivity contribution in [2.45, 2.75) is 19.4 Å². The van der Waals surface area contributed by atoms with Crippen LogP contribution in [0.1, 0.15) is 22.5 Å². The van der Waals surface area contributed by atoms with E-state index in [2.05, 4.69) is 5.32 Å². The molecule has 0 aromatic carbocycles. The molecule has 0 fully saturated rings. The van der Waals surface area contributed by atoms with Crippen molar-refractivity contribution in [1.82, 2.24) is 5.32 Å². The van der Waals surface area contributed by atoms with E-state index in [9.17, 15) is 9.59 Å². The second-order valence-electron chi connectivity index (χ2n) is 3.54. The van der Waals surface area contributed by atoms with E-state index in [-0.39, 0.29) is 13.0 Å². The summed E-state index contributed by atoms with van der Waals surface area (Å²) >= 11 is 0. The van der Waals surface area contributed by atoms with E-state index in [1.165, 1.54) is 19.4 Å². The first kappa shape index (κ1) is 13.2. The van der Waals surface area contributed by atoms with Crippen molar-refractivity contribution in [2.75, 3.05) is 13.7 Å². The number of nitrogens with one attached hydrogen (secondary N) is 1. The van der Waals surface area contributed by atoms with Gasteiger partial charge in [0.15, 0.2) is 0 Å². The van der Waals surface area contributed by atoms with Crippen molar-refractivity contribution < 1.29 is 23.8 Å². The van der Waals surface area contributed by atoms with Crippen molar-refractivity contribution >= 4 is 11.9 Å². The van der Waals surface area contributed by atoms with Crippen LogP contribution >= 0.6 is 0 Å². The number of hydrogen-bond acceptors (Lipinski definition) is 4. The van der Waals surface area contributed by atoms with Gasteiger partial charge in [0.2, 0.25) is 0 Å². The van der Waals surface area contributed by atoms with E-state index in [1.54, 1.807) is 6.92 Å². The molecular formula is C11H15NO5. The van der Waals surface area contributed by atoms with Gasteiger partial charge in [-0.05, 0) is 13.0 Å². The monoisotopic (exact) mass is 241 g/mol. The molecule has 2 N–H and O–H groups in total. The molecule has 0 saturated carbocycles. The highest BCUT2D eigenvalue weighted by molar-refractivity contribution is 5.97. The molecule has 1 unspecified atom stereocenters. The maximum Gasteiger partial charge on any atom is 0.326 e. The molecule has 1 rings (SSSR count). The van der Waals surface area contributed by atoms with Gasteiger partial charge < -0.3 is 19.6 Å². The Labute approximate surface area is 98.6 Å². The van der Waals surface area contributed by atoms with Crippen LogP contribution in [0.25, 0.3) is 0 Å². The van der Waals surface area contributed by atoms with Crippen molar-refractivity contribution in [2.24, 2.45) is 0 Å². The first-order valence-electron chi connectivity index (χ1n) is 5.13. The normalized spacial score (nSPS) is 12.1. The summed E-state index contributed by atoms with van der Waals surface area (Å²) in [5, 5.41) is 11.3. The number of aliphatic carboxylic acids is 1. The third-order valence-corrected chi connectivity index (χ3v) is 2.32. The molecule has 17 heavy (non-hydrogen) atoms. The van der Waals surface area contributed by atoms with Crippen LogP contribution in [0.5, 0.6) is 0 Å². The second kappa shape index (κ2) is 6.05. The zero-order valence-corrected chi connectivity index (χ0v) is 9.73. The van der Waals surface area contributed by atoms with Gasteiger partial charge in [0, 0.05) is 20.1 Å². The van der Waals surface area contributed by atoms with Crippen molar-refractivity contribution in [3.8, 4) is 0 Å². The largest absolute Gasteiger partial charge is 0.480 e. The molecule has 0 aliphatic heterocycles. The lowest BCUT2D eigenvalue weighted by Gasteiger charge is -2.13. The Hall–Kier alpha value is -1.82. The number of carboxylic acid groups (broad SMARTS) is 1. The van der Waals surface area contributed by atoms with Crippen LogP contribution in [-0.2, 0) is 9.53 Å². The predicted molar refractivity (Wildman–Crippen MR) is 58.8 cm³/mol. The van der Waals surface area contributed by atoms with E-state index in [0.29, 0.717) is 11.3 Å². The summed E-state index contributed by atoms with van der Waals surface area (Å²) in [5.74, 6) is -1.09. The predicted octanol–water partition coefficient (Wildman–Crippen LogP) is 0.808. The molecule has 1 atom stereocenters. The van der Waals surface area contributed by atoms with E-state index >= 15 is 0 Å². The van der Waals surface area contributed by atoms with Gasteiger partial charge in [-0.25, -0.2) is 4.79 Å². The molecule has 0 saturated heterocycles. The van der Waals surface area contributed by atoms with E-state index in [4.69, 9.17) is 14.3 Å². The Kier molecular flexibility index (Phi) is 4.71. The second-order valence-corrected chi connectivity index (χ2v) is 3.54. The summed E-state index contributed by atoms with van der Waals surface area (Å²) in [4.78, 5) is 22.6. The average Bonchev–Trinajstić information content (AvgIpc) is 2.70. The maximum absolute atomic E-state index is 11.7. The minimum absolute atomic E-state index is 0.217. The standard InChI is InChI=1S/C11H15NO5/c1-7-8(3-6-17-7)10(13)12-9(11(14)15)4-5-16-2/h3,6,9H,4-5H2,1-2H3,(H,12,13)(H,14,15). The summed E-state index contributed by atoms with van der Waals surface area (Å²) in [6.07, 6.45) is 1.60. The Morgan fingerprint density at radius 2 is 2.29 bits per heavy atom. The first-order chi connectivity index (χ1) is 8.06. The third-order valence-electron chi connectivity index (χ3n) is 2.32. The molecule has 6 heteroatoms. The third kappa shape index (κ3) is 3.60. The number of amides is 1. The van der Waals surface area contributed by atoms with Gasteiger partial charge in [0.1, 0.15) is 11.8 Å². The minimum Gasteiger partial charge on any atom is -0.480 e. The molecule has 0 aliphatic rings. The van der Waals surface area contributed by atoms with Gasteiger partial charge in [-0.3, -0.25) is 4.79 Å². The van der Waals surface area contributed by atoms with Crippen LogP contribution in [0.4, 0.5) is 0 Å². The number of methoxy groups -OCH3 is 1. The quantitative estimate of drug-likeness (QED) is 0.769. The molecule has 0 bridgehead atoms. The Morgan fingerprint density at radius 3 is 2.76 bits per heavy atom. The summed E-state index contributed by atoms with van der Waals surface area (Å²) in [5.41, 5.74) is 0.341. The summed E-state index contributed by atoms with van der Waals surface area (Å²) in [6, 6.07) is 0.539. The number of ether oxygens (including phenoxy) is 1. The fourth-order valence-electron chi connectivity index (χ4n) is 1.35. The number of aryl methyl sites for hydroxylation is 1. The lowest BCUT2D eigenvalue weighted by molar-refractivity contribution is -0.139. The molecule has 1 amide bonds. The summed E-state index contributed by atoms with van der Waals surface area (Å²) < 4.78 is 9.76. The summed E-state index contributed by atoms with van der Waals surface area (Å²) in [6.45, 7) is 1.90. The fourth-order valence-corrected chi connectivity index (χ4v) is 1.35. The van der Waals surface area contributed by atoms with Crippen molar-refractivity contribution in [1.29, 1.82) is 0 Å². The number of carbonyl (C=O) groups is 2. The molecular weight excluding hydrogens is 226 g/mol. The van der Waals surface area contributed by atoms with Crippen LogP contribution in [0.15, 0.2) is 16.7 Å².